The first-order chi connectivity index (χ1) is 10.4. The van der Waals surface area contributed by atoms with Crippen LogP contribution in [0.1, 0.15) is 27.7 Å². The Labute approximate surface area is 133 Å². The molecule has 1 unspecified atom stereocenters. The molecule has 4 heteroatoms. The molecular formula is C18H28FNO2. The minimum Gasteiger partial charge on any atom is -0.481 e. The SMILES string of the molecule is C=C/C=C(\C=C)CN1CC(C(=O)O)[C@H](/C(C)=C(/C)F)C1.CC. The maximum absolute atomic E-state index is 13.4. The van der Waals surface area contributed by atoms with E-state index in [9.17, 15) is 14.3 Å². The molecule has 1 saturated heterocycles. The molecule has 0 aromatic carbocycles. The highest BCUT2D eigenvalue weighted by Crippen LogP contribution is 2.32. The summed E-state index contributed by atoms with van der Waals surface area (Å²) in [6.07, 6.45) is 5.25. The molecule has 2 atom stereocenters. The molecule has 1 fully saturated rings. The van der Waals surface area contributed by atoms with Crippen molar-refractivity contribution in [1.82, 2.24) is 4.90 Å². The van der Waals surface area contributed by atoms with E-state index in [0.717, 1.165) is 5.57 Å². The van der Waals surface area contributed by atoms with E-state index < -0.39 is 11.9 Å². The van der Waals surface area contributed by atoms with Crippen LogP contribution in [0.25, 0.3) is 0 Å². The quantitative estimate of drug-likeness (QED) is 0.747. The Morgan fingerprint density at radius 2 is 1.82 bits per heavy atom. The van der Waals surface area contributed by atoms with Gasteiger partial charge in [-0.3, -0.25) is 9.69 Å². The van der Waals surface area contributed by atoms with E-state index in [2.05, 4.69) is 13.2 Å². The Kier molecular flexibility index (Phi) is 9.34. The Bertz CT molecular complexity index is 462. The average molecular weight is 309 g/mol. The standard InChI is InChI=1S/C16H22FNO2.C2H6/c1-5-7-13(6-2)8-18-9-14(11(3)12(4)17)15(10-18)16(19)20;1-2/h5-7,14-15H,1-2,8-10H2,3-4H3,(H,19,20);1-2H3/b12-11-,13-7+;/t14-,15?;/m0./s1. The van der Waals surface area contributed by atoms with E-state index in [0.29, 0.717) is 25.2 Å². The third kappa shape index (κ3) is 5.60. The van der Waals surface area contributed by atoms with Gasteiger partial charge in [0.1, 0.15) is 0 Å². The van der Waals surface area contributed by atoms with Crippen LogP contribution in [0.2, 0.25) is 0 Å². The van der Waals surface area contributed by atoms with Crippen LogP contribution in [-0.4, -0.2) is 35.6 Å². The molecule has 0 aromatic heterocycles. The summed E-state index contributed by atoms with van der Waals surface area (Å²) in [5.74, 6) is -1.98. The number of rotatable bonds is 6. The fourth-order valence-corrected chi connectivity index (χ4v) is 2.55. The van der Waals surface area contributed by atoms with Crippen LogP contribution in [0.5, 0.6) is 0 Å². The van der Waals surface area contributed by atoms with E-state index in [1.165, 1.54) is 6.92 Å². The summed E-state index contributed by atoms with van der Waals surface area (Å²) >= 11 is 0. The molecule has 0 radical (unpaired) electrons. The van der Waals surface area contributed by atoms with Crippen molar-refractivity contribution in [3.05, 3.63) is 48.4 Å². The summed E-state index contributed by atoms with van der Waals surface area (Å²) in [7, 11) is 0. The lowest BCUT2D eigenvalue weighted by atomic mass is 9.89. The number of hydrogen-bond donors (Lipinski definition) is 1. The van der Waals surface area contributed by atoms with Gasteiger partial charge in [-0.25, -0.2) is 4.39 Å². The molecule has 0 bridgehead atoms. The van der Waals surface area contributed by atoms with Gasteiger partial charge in [0.05, 0.1) is 11.7 Å². The van der Waals surface area contributed by atoms with Gasteiger partial charge in [0.25, 0.3) is 0 Å². The van der Waals surface area contributed by atoms with Crippen molar-refractivity contribution in [1.29, 1.82) is 0 Å². The number of aliphatic carboxylic acids is 1. The third-order valence-corrected chi connectivity index (χ3v) is 3.81. The summed E-state index contributed by atoms with van der Waals surface area (Å²) in [6.45, 7) is 16.0. The molecule has 22 heavy (non-hydrogen) atoms. The van der Waals surface area contributed by atoms with Gasteiger partial charge < -0.3 is 5.11 Å². The fraction of sp³-hybridized carbons (Fsp3) is 0.500. The molecule has 0 spiro atoms. The Balaban J connectivity index is 0.00000211. The van der Waals surface area contributed by atoms with Gasteiger partial charge in [0.15, 0.2) is 0 Å². The predicted molar refractivity (Wildman–Crippen MR) is 90.4 cm³/mol. The number of halogens is 1. The minimum atomic E-state index is -0.869. The first-order valence-electron chi connectivity index (χ1n) is 7.62. The Morgan fingerprint density at radius 3 is 2.23 bits per heavy atom. The molecule has 1 N–H and O–H groups in total. The van der Waals surface area contributed by atoms with Crippen LogP contribution in [-0.2, 0) is 4.79 Å². The van der Waals surface area contributed by atoms with Crippen molar-refractivity contribution in [3.8, 4) is 0 Å². The molecule has 0 aromatic rings. The highest BCUT2D eigenvalue weighted by molar-refractivity contribution is 5.71. The lowest BCUT2D eigenvalue weighted by Gasteiger charge is -2.17. The van der Waals surface area contributed by atoms with Crippen molar-refractivity contribution in [2.24, 2.45) is 11.8 Å². The van der Waals surface area contributed by atoms with E-state index in [4.69, 9.17) is 0 Å². The monoisotopic (exact) mass is 309 g/mol. The fourth-order valence-electron chi connectivity index (χ4n) is 2.55. The first-order valence-corrected chi connectivity index (χ1v) is 7.62. The van der Waals surface area contributed by atoms with Gasteiger partial charge in [-0.2, -0.15) is 0 Å². The number of carboxylic acid groups (broad SMARTS) is 1. The lowest BCUT2D eigenvalue weighted by molar-refractivity contribution is -0.142. The minimum absolute atomic E-state index is 0.271. The summed E-state index contributed by atoms with van der Waals surface area (Å²) in [5, 5.41) is 9.30. The smallest absolute Gasteiger partial charge is 0.308 e. The Morgan fingerprint density at radius 1 is 1.27 bits per heavy atom. The molecule has 0 saturated carbocycles. The van der Waals surface area contributed by atoms with E-state index in [1.54, 1.807) is 19.1 Å². The number of allylic oxidation sites excluding steroid dienone is 3. The molecule has 3 nitrogen and oxygen atoms in total. The molecule has 1 heterocycles. The molecule has 1 aliphatic rings. The average Bonchev–Trinajstić information content (AvgIpc) is 2.92. The maximum Gasteiger partial charge on any atom is 0.308 e. The van der Waals surface area contributed by atoms with Gasteiger partial charge in [0, 0.05) is 25.6 Å². The van der Waals surface area contributed by atoms with Crippen LogP contribution in [0.15, 0.2) is 48.4 Å². The number of hydrogen-bond acceptors (Lipinski definition) is 2. The summed E-state index contributed by atoms with van der Waals surface area (Å²) < 4.78 is 13.4. The van der Waals surface area contributed by atoms with Crippen LogP contribution >= 0.6 is 0 Å². The Hall–Kier alpha value is -1.68. The van der Waals surface area contributed by atoms with Crippen molar-refractivity contribution >= 4 is 5.97 Å². The zero-order valence-electron chi connectivity index (χ0n) is 14.1. The topological polar surface area (TPSA) is 40.5 Å². The van der Waals surface area contributed by atoms with Gasteiger partial charge in [0.2, 0.25) is 0 Å². The van der Waals surface area contributed by atoms with Crippen LogP contribution in [0, 0.1) is 11.8 Å². The number of carboxylic acids is 1. The van der Waals surface area contributed by atoms with Crippen LogP contribution in [0.3, 0.4) is 0 Å². The van der Waals surface area contributed by atoms with Gasteiger partial charge in [-0.05, 0) is 25.0 Å². The second-order valence-electron chi connectivity index (χ2n) is 5.14. The molecule has 0 aliphatic carbocycles. The van der Waals surface area contributed by atoms with E-state index in [1.807, 2.05) is 24.8 Å². The molecule has 1 rings (SSSR count). The van der Waals surface area contributed by atoms with Crippen LogP contribution in [0.4, 0.5) is 4.39 Å². The summed E-state index contributed by atoms with van der Waals surface area (Å²) in [4.78, 5) is 13.4. The molecular weight excluding hydrogens is 281 g/mol. The zero-order valence-corrected chi connectivity index (χ0v) is 14.1. The van der Waals surface area contributed by atoms with Gasteiger partial charge >= 0.3 is 5.97 Å². The third-order valence-electron chi connectivity index (χ3n) is 3.81. The first kappa shape index (κ1) is 20.3. The van der Waals surface area contributed by atoms with Crippen molar-refractivity contribution < 1.29 is 14.3 Å². The summed E-state index contributed by atoms with van der Waals surface area (Å²) in [5.41, 5.74) is 1.51. The lowest BCUT2D eigenvalue weighted by Crippen LogP contribution is -2.25. The second kappa shape index (κ2) is 10.1. The second-order valence-corrected chi connectivity index (χ2v) is 5.14. The highest BCUT2D eigenvalue weighted by atomic mass is 19.1. The molecule has 1 aliphatic heterocycles. The molecule has 124 valence electrons. The zero-order chi connectivity index (χ0) is 17.3. The van der Waals surface area contributed by atoms with Crippen molar-refractivity contribution in [2.45, 2.75) is 27.7 Å². The maximum atomic E-state index is 13.4. The highest BCUT2D eigenvalue weighted by Gasteiger charge is 2.39. The number of carbonyl (C=O) groups is 1. The van der Waals surface area contributed by atoms with Crippen LogP contribution < -0.4 is 0 Å². The van der Waals surface area contributed by atoms with Gasteiger partial charge in [-0.1, -0.05) is 45.2 Å². The summed E-state index contributed by atoms with van der Waals surface area (Å²) in [6, 6.07) is 0. The number of nitrogens with zero attached hydrogens (tertiary/aromatic N) is 1. The largest absolute Gasteiger partial charge is 0.481 e. The predicted octanol–water partition coefficient (Wildman–Crippen LogP) is 4.21. The van der Waals surface area contributed by atoms with Crippen molar-refractivity contribution in [2.75, 3.05) is 19.6 Å². The van der Waals surface area contributed by atoms with E-state index in [-0.39, 0.29) is 11.7 Å². The van der Waals surface area contributed by atoms with Gasteiger partial charge in [-0.15, -0.1) is 0 Å². The number of likely N-dealkylation sites (tertiary alicyclic amines) is 1. The normalized spacial score (nSPS) is 23.2. The molecule has 0 amide bonds. The van der Waals surface area contributed by atoms with Crippen molar-refractivity contribution in [3.63, 3.8) is 0 Å². The van der Waals surface area contributed by atoms with E-state index >= 15 is 0 Å².